The minimum atomic E-state index is -0.535. The smallest absolute Gasteiger partial charge is 0.248 e. The van der Waals surface area contributed by atoms with Gasteiger partial charge in [0.15, 0.2) is 0 Å². The van der Waals surface area contributed by atoms with Gasteiger partial charge in [-0.2, -0.15) is 0 Å². The molecule has 3 aromatic carbocycles. The molecule has 0 spiro atoms. The van der Waals surface area contributed by atoms with Crippen molar-refractivity contribution in [3.63, 3.8) is 0 Å². The third-order valence-electron chi connectivity index (χ3n) is 5.29. The molecule has 0 radical (unpaired) electrons. The molecule has 2 N–H and O–H groups in total. The Bertz CT molecular complexity index is 1100. The zero-order valence-corrected chi connectivity index (χ0v) is 18.6. The predicted molar refractivity (Wildman–Crippen MR) is 125 cm³/mol. The number of nitrogens with zero attached hydrogens (tertiary/aromatic N) is 1. The van der Waals surface area contributed by atoms with Crippen molar-refractivity contribution in [3.8, 4) is 11.5 Å². The van der Waals surface area contributed by atoms with Gasteiger partial charge in [0.1, 0.15) is 18.1 Å². The number of hydrogen-bond donors (Lipinski definition) is 1. The largest absolute Gasteiger partial charge is 0.497 e. The first kappa shape index (κ1) is 22.9. The van der Waals surface area contributed by atoms with Gasteiger partial charge >= 0.3 is 0 Å². The zero-order valence-electron chi connectivity index (χ0n) is 18.6. The highest BCUT2D eigenvalue weighted by Gasteiger charge is 2.18. The highest BCUT2D eigenvalue weighted by molar-refractivity contribution is 5.94. The molecule has 3 aromatic rings. The average molecular weight is 433 g/mol. The number of amides is 2. The van der Waals surface area contributed by atoms with Crippen molar-refractivity contribution in [2.24, 2.45) is 5.73 Å². The minimum absolute atomic E-state index is 0.0455. The van der Waals surface area contributed by atoms with Crippen molar-refractivity contribution in [2.45, 2.75) is 26.4 Å². The van der Waals surface area contributed by atoms with E-state index >= 15 is 0 Å². The number of rotatable bonds is 10. The molecule has 166 valence electrons. The molecular formula is C26H28N2O4. The predicted octanol–water partition coefficient (Wildman–Crippen LogP) is 4.45. The van der Waals surface area contributed by atoms with Crippen LogP contribution in [0.5, 0.6) is 11.5 Å². The molecule has 1 atom stereocenters. The number of methoxy groups -OCH3 is 1. The lowest BCUT2D eigenvalue weighted by molar-refractivity contribution is -0.107. The van der Waals surface area contributed by atoms with Gasteiger partial charge in [0, 0.05) is 29.8 Å². The first-order valence-electron chi connectivity index (χ1n) is 10.4. The summed E-state index contributed by atoms with van der Waals surface area (Å²) in [6.07, 6.45) is 0.757. The van der Waals surface area contributed by atoms with Gasteiger partial charge < -0.3 is 20.1 Å². The van der Waals surface area contributed by atoms with E-state index in [0.29, 0.717) is 35.9 Å². The molecule has 3 rings (SSSR count). The Hall–Kier alpha value is -3.80. The van der Waals surface area contributed by atoms with E-state index in [1.54, 1.807) is 36.3 Å². The van der Waals surface area contributed by atoms with Crippen LogP contribution < -0.4 is 20.1 Å². The van der Waals surface area contributed by atoms with Crippen LogP contribution in [-0.2, 0) is 11.4 Å². The van der Waals surface area contributed by atoms with Gasteiger partial charge in [0.25, 0.3) is 0 Å². The number of benzene rings is 3. The molecule has 6 nitrogen and oxygen atoms in total. The molecule has 0 aromatic heterocycles. The van der Waals surface area contributed by atoms with Crippen molar-refractivity contribution in [2.75, 3.05) is 18.6 Å². The van der Waals surface area contributed by atoms with Crippen LogP contribution in [0.4, 0.5) is 5.69 Å². The molecule has 2 amide bonds. The van der Waals surface area contributed by atoms with Crippen LogP contribution in [0, 0.1) is 6.92 Å². The zero-order chi connectivity index (χ0) is 23.1. The number of carbonyl (C=O) groups is 2. The van der Waals surface area contributed by atoms with E-state index in [4.69, 9.17) is 15.2 Å². The van der Waals surface area contributed by atoms with Crippen molar-refractivity contribution in [3.05, 3.63) is 89.0 Å². The number of nitrogens with two attached hydrogens (primary N) is 1. The fourth-order valence-corrected chi connectivity index (χ4v) is 3.58. The molecule has 6 heteroatoms. The van der Waals surface area contributed by atoms with Crippen LogP contribution in [0.1, 0.15) is 39.9 Å². The lowest BCUT2D eigenvalue weighted by atomic mass is 9.98. The third-order valence-corrected chi connectivity index (χ3v) is 5.29. The molecule has 0 aliphatic heterocycles. The van der Waals surface area contributed by atoms with Crippen LogP contribution in [0.3, 0.4) is 0 Å². The number of hydrogen-bond acceptors (Lipinski definition) is 4. The Kier molecular flexibility index (Phi) is 7.49. The topological polar surface area (TPSA) is 81.9 Å². The summed E-state index contributed by atoms with van der Waals surface area (Å²) in [5, 5.41) is 0. The van der Waals surface area contributed by atoms with Gasteiger partial charge in [-0.25, -0.2) is 0 Å². The maximum Gasteiger partial charge on any atom is 0.248 e. The highest BCUT2D eigenvalue weighted by atomic mass is 16.5. The fraction of sp³-hybridized carbons (Fsp3) is 0.231. The lowest BCUT2D eigenvalue weighted by Gasteiger charge is -2.24. The van der Waals surface area contributed by atoms with E-state index < -0.39 is 5.91 Å². The summed E-state index contributed by atoms with van der Waals surface area (Å²) in [5.74, 6) is 0.820. The van der Waals surface area contributed by atoms with Crippen LogP contribution in [-0.4, -0.2) is 26.0 Å². The van der Waals surface area contributed by atoms with Crippen molar-refractivity contribution >= 4 is 18.0 Å². The van der Waals surface area contributed by atoms with E-state index in [2.05, 4.69) is 6.07 Å². The Labute approximate surface area is 188 Å². The van der Waals surface area contributed by atoms with Crippen LogP contribution >= 0.6 is 0 Å². The second-order valence-corrected chi connectivity index (χ2v) is 7.75. The summed E-state index contributed by atoms with van der Waals surface area (Å²) in [5.41, 5.74) is 9.55. The molecule has 0 aliphatic carbocycles. The van der Waals surface area contributed by atoms with Crippen molar-refractivity contribution in [1.29, 1.82) is 0 Å². The second-order valence-electron chi connectivity index (χ2n) is 7.75. The van der Waals surface area contributed by atoms with Crippen molar-refractivity contribution in [1.82, 2.24) is 0 Å². The summed E-state index contributed by atoms with van der Waals surface area (Å²) < 4.78 is 11.5. The molecule has 0 saturated heterocycles. The summed E-state index contributed by atoms with van der Waals surface area (Å²) >= 11 is 0. The summed E-state index contributed by atoms with van der Waals surface area (Å²) in [7, 11) is 1.61. The van der Waals surface area contributed by atoms with E-state index in [-0.39, 0.29) is 5.92 Å². The molecule has 0 heterocycles. The maximum absolute atomic E-state index is 11.8. The van der Waals surface area contributed by atoms with E-state index in [9.17, 15) is 9.59 Å². The van der Waals surface area contributed by atoms with Crippen molar-refractivity contribution < 1.29 is 19.1 Å². The molecular weight excluding hydrogens is 404 g/mol. The normalized spacial score (nSPS) is 11.5. The van der Waals surface area contributed by atoms with Gasteiger partial charge in [-0.05, 0) is 42.3 Å². The highest BCUT2D eigenvalue weighted by Crippen LogP contribution is 2.32. The Morgan fingerprint density at radius 2 is 1.88 bits per heavy atom. The number of aryl methyl sites for hydroxylation is 1. The van der Waals surface area contributed by atoms with Crippen LogP contribution in [0.15, 0.2) is 66.7 Å². The number of carbonyl (C=O) groups excluding carboxylic acids is 2. The molecule has 0 bridgehead atoms. The molecule has 0 aliphatic rings. The monoisotopic (exact) mass is 432 g/mol. The van der Waals surface area contributed by atoms with E-state index in [1.165, 1.54) is 5.56 Å². The summed E-state index contributed by atoms with van der Waals surface area (Å²) in [4.78, 5) is 24.9. The summed E-state index contributed by atoms with van der Waals surface area (Å²) in [6.45, 7) is 4.89. The van der Waals surface area contributed by atoms with Crippen LogP contribution in [0.25, 0.3) is 0 Å². The Balaban J connectivity index is 1.83. The first-order chi connectivity index (χ1) is 15.4. The first-order valence-corrected chi connectivity index (χ1v) is 10.4. The van der Waals surface area contributed by atoms with Gasteiger partial charge in [-0.15, -0.1) is 0 Å². The maximum atomic E-state index is 11.8. The number of primary amides is 1. The molecule has 32 heavy (non-hydrogen) atoms. The van der Waals surface area contributed by atoms with Gasteiger partial charge in [0.05, 0.1) is 7.11 Å². The number of anilines is 1. The molecule has 0 saturated carbocycles. The minimum Gasteiger partial charge on any atom is -0.497 e. The summed E-state index contributed by atoms with van der Waals surface area (Å²) in [6, 6.07) is 20.6. The van der Waals surface area contributed by atoms with E-state index in [0.717, 1.165) is 17.5 Å². The third kappa shape index (κ3) is 5.66. The molecule has 0 fully saturated rings. The Morgan fingerprint density at radius 3 is 2.56 bits per heavy atom. The average Bonchev–Trinajstić information content (AvgIpc) is 2.81. The SMILES string of the molecule is COc1ccc(C(C)CN(C=O)c2cccc(C(N)=O)c2)c(OCc2cccc(C)c2)c1. The van der Waals surface area contributed by atoms with E-state index in [1.807, 2.05) is 50.2 Å². The lowest BCUT2D eigenvalue weighted by Crippen LogP contribution is -2.26. The molecule has 1 unspecified atom stereocenters. The second kappa shape index (κ2) is 10.5. The fourth-order valence-electron chi connectivity index (χ4n) is 3.58. The van der Waals surface area contributed by atoms with Crippen LogP contribution in [0.2, 0.25) is 0 Å². The quantitative estimate of drug-likeness (QED) is 0.480. The van der Waals surface area contributed by atoms with Gasteiger partial charge in [-0.1, -0.05) is 48.9 Å². The Morgan fingerprint density at radius 1 is 1.09 bits per heavy atom. The number of ether oxygens (including phenoxy) is 2. The van der Waals surface area contributed by atoms with Gasteiger partial charge in [-0.3, -0.25) is 9.59 Å². The van der Waals surface area contributed by atoms with Gasteiger partial charge in [0.2, 0.25) is 12.3 Å². The standard InChI is InChI=1S/C26H28N2O4/c1-18-6-4-7-20(12-18)16-32-25-14-23(31-3)10-11-24(25)19(2)15-28(17-29)22-9-5-8-21(13-22)26(27)30/h4-14,17,19H,15-16H2,1-3H3,(H2,27,30).